The molecular weight excluding hydrogens is 320 g/mol. The Hall–Kier alpha value is -1.67. The van der Waals surface area contributed by atoms with Crippen molar-refractivity contribution in [3.8, 4) is 0 Å². The normalized spacial score (nSPS) is 17.7. The second-order valence-corrected chi connectivity index (χ2v) is 7.83. The molecule has 0 bridgehead atoms. The van der Waals surface area contributed by atoms with Gasteiger partial charge in [0.05, 0.1) is 9.82 Å². The maximum Gasteiger partial charge on any atom is 0.293 e. The van der Waals surface area contributed by atoms with Crippen LogP contribution >= 0.6 is 0 Å². The van der Waals surface area contributed by atoms with Gasteiger partial charge in [0.25, 0.3) is 5.69 Å². The van der Waals surface area contributed by atoms with E-state index in [1.54, 1.807) is 0 Å². The zero-order valence-corrected chi connectivity index (χ0v) is 14.1. The second kappa shape index (κ2) is 7.27. The number of benzene rings is 1. The summed E-state index contributed by atoms with van der Waals surface area (Å²) in [6.45, 7) is 3.44. The number of nitro groups is 1. The second-order valence-electron chi connectivity index (χ2n) is 5.82. The van der Waals surface area contributed by atoms with E-state index < -0.39 is 14.8 Å². The van der Waals surface area contributed by atoms with Gasteiger partial charge in [0.2, 0.25) is 0 Å². The van der Waals surface area contributed by atoms with Crippen molar-refractivity contribution >= 4 is 21.2 Å². The average molecular weight is 342 g/mol. The monoisotopic (exact) mass is 342 g/mol. The van der Waals surface area contributed by atoms with Crippen LogP contribution in [0.4, 0.5) is 11.4 Å². The summed E-state index contributed by atoms with van der Waals surface area (Å²) >= 11 is 0. The molecule has 0 spiro atoms. The van der Waals surface area contributed by atoms with Crippen molar-refractivity contribution in [1.29, 1.82) is 0 Å². The highest BCUT2D eigenvalue weighted by molar-refractivity contribution is 7.90. The molecule has 1 N–H and O–H groups in total. The molecule has 1 saturated heterocycles. The van der Waals surface area contributed by atoms with Crippen LogP contribution in [0.5, 0.6) is 0 Å². The Balaban J connectivity index is 2.28. The predicted molar refractivity (Wildman–Crippen MR) is 87.5 cm³/mol. The van der Waals surface area contributed by atoms with Crippen LogP contribution in [0.1, 0.15) is 26.2 Å². The summed E-state index contributed by atoms with van der Waals surface area (Å²) in [5, 5.41) is 14.5. The number of nitrogens with one attached hydrogen (secondary N) is 1. The first-order valence-electron chi connectivity index (χ1n) is 7.65. The number of ether oxygens (including phenoxy) is 1. The van der Waals surface area contributed by atoms with E-state index in [-0.39, 0.29) is 16.6 Å². The van der Waals surface area contributed by atoms with Gasteiger partial charge in [0.15, 0.2) is 9.84 Å². The summed E-state index contributed by atoms with van der Waals surface area (Å²) in [6, 6.07) is 4.10. The van der Waals surface area contributed by atoms with Crippen molar-refractivity contribution < 1.29 is 18.1 Å². The van der Waals surface area contributed by atoms with Crippen molar-refractivity contribution in [2.45, 2.75) is 37.1 Å². The van der Waals surface area contributed by atoms with Crippen molar-refractivity contribution in [1.82, 2.24) is 0 Å². The Morgan fingerprint density at radius 2 is 2.04 bits per heavy atom. The predicted octanol–water partition coefficient (Wildman–Crippen LogP) is 2.62. The van der Waals surface area contributed by atoms with Crippen molar-refractivity contribution in [2.24, 2.45) is 5.92 Å². The molecule has 7 nitrogen and oxygen atoms in total. The summed E-state index contributed by atoms with van der Waals surface area (Å²) in [4.78, 5) is 10.7. The highest BCUT2D eigenvalue weighted by Gasteiger charge is 2.26. The Bertz CT molecular complexity index is 668. The fourth-order valence-corrected chi connectivity index (χ4v) is 3.53. The number of hydrogen-bond acceptors (Lipinski definition) is 6. The molecule has 1 aliphatic heterocycles. The zero-order chi connectivity index (χ0) is 17.0. The molecule has 0 aliphatic carbocycles. The molecule has 1 heterocycles. The molecule has 0 radical (unpaired) electrons. The third kappa shape index (κ3) is 4.42. The van der Waals surface area contributed by atoms with Crippen LogP contribution in [0.2, 0.25) is 0 Å². The smallest absolute Gasteiger partial charge is 0.293 e. The molecule has 0 saturated carbocycles. The standard InChI is InChI=1S/C15H22N2O5S/c1-3-13(11-6-8-22-9-7-11)16-14-5-4-12(23(2,20)21)10-15(14)17(18)19/h4-5,10-11,13,16H,3,6-9H2,1-2H3. The fraction of sp³-hybridized carbons (Fsp3) is 0.600. The molecule has 1 atom stereocenters. The van der Waals surface area contributed by atoms with E-state index in [0.29, 0.717) is 24.8 Å². The van der Waals surface area contributed by atoms with Gasteiger partial charge in [0.1, 0.15) is 5.69 Å². The summed E-state index contributed by atoms with van der Waals surface area (Å²) < 4.78 is 28.5. The lowest BCUT2D eigenvalue weighted by Crippen LogP contribution is -2.33. The van der Waals surface area contributed by atoms with Gasteiger partial charge < -0.3 is 10.1 Å². The molecule has 2 rings (SSSR count). The number of sulfone groups is 1. The van der Waals surface area contributed by atoms with Gasteiger partial charge in [-0.25, -0.2) is 8.42 Å². The van der Waals surface area contributed by atoms with Gasteiger partial charge >= 0.3 is 0 Å². The van der Waals surface area contributed by atoms with Gasteiger partial charge in [-0.2, -0.15) is 0 Å². The topological polar surface area (TPSA) is 98.5 Å². The van der Waals surface area contributed by atoms with Crippen LogP contribution in [0.3, 0.4) is 0 Å². The van der Waals surface area contributed by atoms with E-state index in [0.717, 1.165) is 31.6 Å². The van der Waals surface area contributed by atoms with E-state index in [9.17, 15) is 18.5 Å². The maximum atomic E-state index is 11.6. The quantitative estimate of drug-likeness (QED) is 0.630. The molecule has 8 heteroatoms. The minimum atomic E-state index is -3.48. The van der Waals surface area contributed by atoms with Crippen LogP contribution in [0.25, 0.3) is 0 Å². The summed E-state index contributed by atoms with van der Waals surface area (Å²) in [7, 11) is -3.48. The SMILES string of the molecule is CCC(Nc1ccc(S(C)(=O)=O)cc1[N+](=O)[O-])C1CCOCC1. The zero-order valence-electron chi connectivity index (χ0n) is 13.3. The highest BCUT2D eigenvalue weighted by atomic mass is 32.2. The molecule has 1 unspecified atom stereocenters. The van der Waals surface area contributed by atoms with Gasteiger partial charge in [-0.05, 0) is 37.3 Å². The first kappa shape index (κ1) is 17.7. The number of rotatable bonds is 6. The van der Waals surface area contributed by atoms with Crippen LogP contribution < -0.4 is 5.32 Å². The van der Waals surface area contributed by atoms with E-state index in [1.807, 2.05) is 6.92 Å². The summed E-state index contributed by atoms with van der Waals surface area (Å²) in [5.41, 5.74) is 0.152. The molecule has 1 aliphatic rings. The molecule has 1 aromatic carbocycles. The summed E-state index contributed by atoms with van der Waals surface area (Å²) in [5.74, 6) is 0.392. The Kier molecular flexibility index (Phi) is 5.59. The third-order valence-electron chi connectivity index (χ3n) is 4.21. The molecule has 23 heavy (non-hydrogen) atoms. The lowest BCUT2D eigenvalue weighted by atomic mass is 9.90. The van der Waals surface area contributed by atoms with Gasteiger partial charge in [-0.3, -0.25) is 10.1 Å². The Morgan fingerprint density at radius 3 is 2.57 bits per heavy atom. The van der Waals surface area contributed by atoms with Crippen LogP contribution in [-0.2, 0) is 14.6 Å². The molecule has 0 amide bonds. The lowest BCUT2D eigenvalue weighted by molar-refractivity contribution is -0.384. The first-order chi connectivity index (χ1) is 10.8. The van der Waals surface area contributed by atoms with Gasteiger partial charge in [0, 0.05) is 31.6 Å². The maximum absolute atomic E-state index is 11.6. The summed E-state index contributed by atoms with van der Waals surface area (Å²) in [6.07, 6.45) is 3.70. The minimum Gasteiger partial charge on any atom is -0.381 e. The largest absolute Gasteiger partial charge is 0.381 e. The highest BCUT2D eigenvalue weighted by Crippen LogP contribution is 2.31. The van der Waals surface area contributed by atoms with Crippen LogP contribution in [-0.4, -0.2) is 38.9 Å². The lowest BCUT2D eigenvalue weighted by Gasteiger charge is -2.30. The van der Waals surface area contributed by atoms with E-state index in [1.165, 1.54) is 12.1 Å². The van der Waals surface area contributed by atoms with E-state index >= 15 is 0 Å². The molecular formula is C15H22N2O5S. The Morgan fingerprint density at radius 1 is 1.39 bits per heavy atom. The number of nitro benzene ring substituents is 1. The van der Waals surface area contributed by atoms with E-state index in [4.69, 9.17) is 4.74 Å². The van der Waals surface area contributed by atoms with Gasteiger partial charge in [-0.15, -0.1) is 0 Å². The van der Waals surface area contributed by atoms with Gasteiger partial charge in [-0.1, -0.05) is 6.92 Å². The van der Waals surface area contributed by atoms with E-state index in [2.05, 4.69) is 5.32 Å². The van der Waals surface area contributed by atoms with Crippen molar-refractivity contribution in [2.75, 3.05) is 24.8 Å². The fourth-order valence-electron chi connectivity index (χ4n) is 2.89. The van der Waals surface area contributed by atoms with Crippen LogP contribution in [0, 0.1) is 16.0 Å². The Labute approximate surface area is 136 Å². The van der Waals surface area contributed by atoms with Crippen molar-refractivity contribution in [3.63, 3.8) is 0 Å². The number of anilines is 1. The molecule has 128 valence electrons. The molecule has 1 fully saturated rings. The van der Waals surface area contributed by atoms with Crippen molar-refractivity contribution in [3.05, 3.63) is 28.3 Å². The third-order valence-corrected chi connectivity index (χ3v) is 5.32. The van der Waals surface area contributed by atoms with Crippen LogP contribution in [0.15, 0.2) is 23.1 Å². The molecule has 0 aromatic heterocycles. The number of hydrogen-bond donors (Lipinski definition) is 1. The first-order valence-corrected chi connectivity index (χ1v) is 9.55. The minimum absolute atomic E-state index is 0.0473. The number of nitrogens with zero attached hydrogens (tertiary/aromatic N) is 1. The average Bonchev–Trinajstić information content (AvgIpc) is 2.52. The molecule has 1 aromatic rings.